The van der Waals surface area contributed by atoms with E-state index in [0.717, 1.165) is 36.0 Å². The molecule has 2 N–H and O–H groups in total. The predicted molar refractivity (Wildman–Crippen MR) is 107 cm³/mol. The highest BCUT2D eigenvalue weighted by Crippen LogP contribution is 2.34. The monoisotopic (exact) mass is 401 g/mol. The Bertz CT molecular complexity index is 928. The van der Waals surface area contributed by atoms with Gasteiger partial charge in [0.1, 0.15) is 5.82 Å². The van der Waals surface area contributed by atoms with Crippen LogP contribution < -0.4 is 5.32 Å². The lowest BCUT2D eigenvalue weighted by molar-refractivity contribution is 0.0858. The fourth-order valence-corrected chi connectivity index (χ4v) is 3.91. The standard InChI is InChI=1S/C21H21ClFN3O2/c22-17-9-14(4-6-18(17)23)21(28)25-20-16-11-15(5-3-13(16)10-19(20)27)24-12-26-7-1-2-8-26/h3-6,9,11-12,19-20,27H,1-2,7-8,10H2,(H,25,28)/t19-,20?/m0/s1. The molecule has 1 aliphatic heterocycles. The fraction of sp³-hybridized carbons (Fsp3) is 0.333. The van der Waals surface area contributed by atoms with Crippen LogP contribution in [-0.4, -0.2) is 41.4 Å². The van der Waals surface area contributed by atoms with Crippen LogP contribution in [0.2, 0.25) is 5.02 Å². The molecule has 1 aliphatic carbocycles. The van der Waals surface area contributed by atoms with Gasteiger partial charge >= 0.3 is 0 Å². The van der Waals surface area contributed by atoms with E-state index in [-0.39, 0.29) is 10.6 Å². The lowest BCUT2D eigenvalue weighted by atomic mass is 10.1. The molecule has 2 aromatic rings. The normalized spacial score (nSPS) is 21.3. The van der Waals surface area contributed by atoms with Crippen molar-refractivity contribution in [2.24, 2.45) is 4.99 Å². The summed E-state index contributed by atoms with van der Waals surface area (Å²) in [7, 11) is 0. The number of amides is 1. The highest BCUT2D eigenvalue weighted by atomic mass is 35.5. The van der Waals surface area contributed by atoms with Crippen LogP contribution in [0.4, 0.5) is 10.1 Å². The van der Waals surface area contributed by atoms with E-state index in [0.29, 0.717) is 6.42 Å². The Kier molecular flexibility index (Phi) is 5.33. The minimum atomic E-state index is -0.729. The summed E-state index contributed by atoms with van der Waals surface area (Å²) in [4.78, 5) is 19.3. The van der Waals surface area contributed by atoms with Crippen molar-refractivity contribution < 1.29 is 14.3 Å². The summed E-state index contributed by atoms with van der Waals surface area (Å²) >= 11 is 5.77. The maximum Gasteiger partial charge on any atom is 0.251 e. The first-order valence-corrected chi connectivity index (χ1v) is 9.74. The number of hydrogen-bond acceptors (Lipinski definition) is 3. The molecule has 5 nitrogen and oxygen atoms in total. The maximum atomic E-state index is 13.3. The van der Waals surface area contributed by atoms with Crippen LogP contribution in [0, 0.1) is 5.82 Å². The molecule has 28 heavy (non-hydrogen) atoms. The molecule has 2 aliphatic rings. The molecule has 1 amide bonds. The molecule has 0 spiro atoms. The molecule has 146 valence electrons. The van der Waals surface area contributed by atoms with Crippen LogP contribution in [0.1, 0.15) is 40.4 Å². The summed E-state index contributed by atoms with van der Waals surface area (Å²) in [5, 5.41) is 13.2. The third kappa shape index (κ3) is 3.88. The van der Waals surface area contributed by atoms with Crippen molar-refractivity contribution in [2.45, 2.75) is 31.4 Å². The molecular weight excluding hydrogens is 381 g/mol. The minimum absolute atomic E-state index is 0.112. The Labute approximate surface area is 167 Å². The number of benzene rings is 2. The van der Waals surface area contributed by atoms with Gasteiger partial charge in [0.15, 0.2) is 0 Å². The molecule has 1 fully saturated rings. The second-order valence-corrected chi connectivity index (χ2v) is 7.63. The topological polar surface area (TPSA) is 64.9 Å². The molecular formula is C21H21ClFN3O2. The van der Waals surface area contributed by atoms with E-state index in [4.69, 9.17) is 11.6 Å². The van der Waals surface area contributed by atoms with E-state index in [2.05, 4.69) is 15.2 Å². The molecule has 2 aromatic carbocycles. The molecule has 4 rings (SSSR count). The van der Waals surface area contributed by atoms with Gasteiger partial charge in [-0.05, 0) is 54.3 Å². The number of likely N-dealkylation sites (tertiary alicyclic amines) is 1. The SMILES string of the molecule is O=C(NC1c2cc(N=CN3CCCC3)ccc2C[C@@H]1O)c1ccc(F)c(Cl)c1. The number of rotatable bonds is 4. The molecule has 0 radical (unpaired) electrons. The average molecular weight is 402 g/mol. The summed E-state index contributed by atoms with van der Waals surface area (Å²) in [6, 6.07) is 9.02. The number of carbonyl (C=O) groups excluding carboxylic acids is 1. The number of aliphatic imine (C=N–C) groups is 1. The zero-order valence-electron chi connectivity index (χ0n) is 15.2. The van der Waals surface area contributed by atoms with E-state index in [1.807, 2.05) is 24.5 Å². The highest BCUT2D eigenvalue weighted by molar-refractivity contribution is 6.31. The van der Waals surface area contributed by atoms with Gasteiger partial charge in [0.05, 0.1) is 29.2 Å². The minimum Gasteiger partial charge on any atom is -0.390 e. The first kappa shape index (κ1) is 18.9. The number of aliphatic hydroxyl groups excluding tert-OH is 1. The van der Waals surface area contributed by atoms with E-state index in [1.165, 1.54) is 25.0 Å². The Morgan fingerprint density at radius 2 is 2.04 bits per heavy atom. The molecule has 7 heteroatoms. The number of carbonyl (C=O) groups is 1. The fourth-order valence-electron chi connectivity index (χ4n) is 3.73. The van der Waals surface area contributed by atoms with Gasteiger partial charge in [-0.1, -0.05) is 17.7 Å². The van der Waals surface area contributed by atoms with E-state index < -0.39 is 23.9 Å². The van der Waals surface area contributed by atoms with Crippen molar-refractivity contribution in [2.75, 3.05) is 13.1 Å². The van der Waals surface area contributed by atoms with E-state index in [1.54, 1.807) is 0 Å². The predicted octanol–water partition coefficient (Wildman–Crippen LogP) is 3.62. The first-order chi connectivity index (χ1) is 13.5. The van der Waals surface area contributed by atoms with Gasteiger partial charge in [-0.3, -0.25) is 4.79 Å². The van der Waals surface area contributed by atoms with Crippen LogP contribution in [0.25, 0.3) is 0 Å². The Morgan fingerprint density at radius 1 is 1.25 bits per heavy atom. The van der Waals surface area contributed by atoms with Crippen molar-refractivity contribution >= 4 is 29.5 Å². The highest BCUT2D eigenvalue weighted by Gasteiger charge is 2.32. The van der Waals surface area contributed by atoms with Gasteiger partial charge in [0.2, 0.25) is 0 Å². The second-order valence-electron chi connectivity index (χ2n) is 7.22. The molecule has 1 heterocycles. The summed E-state index contributed by atoms with van der Waals surface area (Å²) < 4.78 is 13.3. The smallest absolute Gasteiger partial charge is 0.251 e. The van der Waals surface area contributed by atoms with Crippen molar-refractivity contribution in [3.05, 3.63) is 63.9 Å². The molecule has 2 atom stereocenters. The first-order valence-electron chi connectivity index (χ1n) is 9.36. The van der Waals surface area contributed by atoms with Crippen molar-refractivity contribution in [3.63, 3.8) is 0 Å². The average Bonchev–Trinajstić information content (AvgIpc) is 3.30. The Morgan fingerprint density at radius 3 is 2.79 bits per heavy atom. The van der Waals surface area contributed by atoms with E-state index >= 15 is 0 Å². The quantitative estimate of drug-likeness (QED) is 0.607. The summed E-state index contributed by atoms with van der Waals surface area (Å²) in [5.41, 5.74) is 2.86. The number of aliphatic hydroxyl groups is 1. The molecule has 1 unspecified atom stereocenters. The summed E-state index contributed by atoms with van der Waals surface area (Å²) in [6.45, 7) is 2.04. The Balaban J connectivity index is 1.53. The number of halogens is 2. The summed E-state index contributed by atoms with van der Waals surface area (Å²) in [6.07, 6.45) is 3.95. The number of nitrogens with one attached hydrogen (secondary N) is 1. The Hall–Kier alpha value is -2.44. The van der Waals surface area contributed by atoms with Gasteiger partial charge < -0.3 is 15.3 Å². The van der Waals surface area contributed by atoms with Gasteiger partial charge in [0.25, 0.3) is 5.91 Å². The zero-order valence-corrected chi connectivity index (χ0v) is 16.0. The van der Waals surface area contributed by atoms with Gasteiger partial charge in [-0.2, -0.15) is 0 Å². The van der Waals surface area contributed by atoms with Crippen molar-refractivity contribution in [1.82, 2.24) is 10.2 Å². The third-order valence-corrected chi connectivity index (χ3v) is 5.55. The molecule has 1 saturated heterocycles. The van der Waals surface area contributed by atoms with Crippen LogP contribution in [0.15, 0.2) is 41.4 Å². The molecule has 0 bridgehead atoms. The van der Waals surface area contributed by atoms with Crippen molar-refractivity contribution in [3.8, 4) is 0 Å². The van der Waals surface area contributed by atoms with Gasteiger partial charge in [-0.25, -0.2) is 9.38 Å². The molecule has 0 saturated carbocycles. The van der Waals surface area contributed by atoms with Crippen LogP contribution >= 0.6 is 11.6 Å². The molecule has 0 aromatic heterocycles. The second kappa shape index (κ2) is 7.89. The number of fused-ring (bicyclic) bond motifs is 1. The maximum absolute atomic E-state index is 13.3. The lowest BCUT2D eigenvalue weighted by Gasteiger charge is -2.18. The van der Waals surface area contributed by atoms with Crippen LogP contribution in [0.5, 0.6) is 0 Å². The number of hydrogen-bond donors (Lipinski definition) is 2. The van der Waals surface area contributed by atoms with Crippen LogP contribution in [-0.2, 0) is 6.42 Å². The lowest BCUT2D eigenvalue weighted by Crippen LogP contribution is -2.33. The van der Waals surface area contributed by atoms with Crippen molar-refractivity contribution in [1.29, 1.82) is 0 Å². The van der Waals surface area contributed by atoms with Crippen LogP contribution in [0.3, 0.4) is 0 Å². The van der Waals surface area contributed by atoms with Gasteiger partial charge in [-0.15, -0.1) is 0 Å². The zero-order chi connectivity index (χ0) is 19.7. The van der Waals surface area contributed by atoms with E-state index in [9.17, 15) is 14.3 Å². The van der Waals surface area contributed by atoms with Gasteiger partial charge in [0, 0.05) is 25.1 Å². The summed E-state index contributed by atoms with van der Waals surface area (Å²) in [5.74, 6) is -0.991. The third-order valence-electron chi connectivity index (χ3n) is 5.26. The largest absolute Gasteiger partial charge is 0.390 e. The number of nitrogens with zero attached hydrogens (tertiary/aromatic N) is 2.